The summed E-state index contributed by atoms with van der Waals surface area (Å²) in [4.78, 5) is 30.4. The van der Waals surface area contributed by atoms with Crippen LogP contribution in [0.4, 0.5) is 0 Å². The fourth-order valence-electron chi connectivity index (χ4n) is 2.81. The molecule has 0 atom stereocenters. The molecule has 0 aliphatic carbocycles. The van der Waals surface area contributed by atoms with Crippen LogP contribution in [0.5, 0.6) is 0 Å². The average Bonchev–Trinajstić information content (AvgIpc) is 2.96. The van der Waals surface area contributed by atoms with Crippen LogP contribution in [0.1, 0.15) is 46.1 Å². The Hall–Kier alpha value is -1.66. The summed E-state index contributed by atoms with van der Waals surface area (Å²) in [5, 5.41) is 0.233. The molecule has 0 unspecified atom stereocenters. The zero-order valence-electron chi connectivity index (χ0n) is 15.6. The lowest BCUT2D eigenvalue weighted by molar-refractivity contribution is 0.580. The fourth-order valence-corrected chi connectivity index (χ4v) is 5.38. The number of rotatable bonds is 3. The van der Waals surface area contributed by atoms with Crippen molar-refractivity contribution in [3.63, 3.8) is 0 Å². The summed E-state index contributed by atoms with van der Waals surface area (Å²) < 4.78 is 2.33. The first kappa shape index (κ1) is 19.1. The molecule has 0 saturated heterocycles. The first-order valence-corrected chi connectivity index (χ1v) is 10.4. The Labute approximate surface area is 161 Å². The van der Waals surface area contributed by atoms with Crippen LogP contribution in [0.25, 0.3) is 10.8 Å². The highest BCUT2D eigenvalue weighted by Crippen LogP contribution is 2.51. The van der Waals surface area contributed by atoms with Crippen molar-refractivity contribution in [1.29, 1.82) is 0 Å². The quantitative estimate of drug-likeness (QED) is 0.878. The summed E-state index contributed by atoms with van der Waals surface area (Å²) in [6.45, 7) is 13.0. The van der Waals surface area contributed by atoms with Gasteiger partial charge in [-0.05, 0) is 29.5 Å². The van der Waals surface area contributed by atoms with Gasteiger partial charge in [-0.25, -0.2) is 0 Å². The Bertz CT molecular complexity index is 1070. The monoisotopic (exact) mass is 388 g/mol. The second-order valence-electron chi connectivity index (χ2n) is 7.49. The summed E-state index contributed by atoms with van der Waals surface area (Å²) >= 11 is 3.01. The molecule has 0 bridgehead atoms. The summed E-state index contributed by atoms with van der Waals surface area (Å²) in [5.74, 6) is 0. The normalized spacial score (nSPS) is 16.0. The number of hydrogen-bond donors (Lipinski definition) is 1. The number of H-pyrrole nitrogens is 1. The van der Waals surface area contributed by atoms with Crippen molar-refractivity contribution >= 4 is 34.3 Å². The van der Waals surface area contributed by atoms with Crippen LogP contribution in [-0.2, 0) is 12.0 Å². The molecule has 0 spiro atoms. The van der Waals surface area contributed by atoms with Gasteiger partial charge in [-0.1, -0.05) is 70.3 Å². The van der Waals surface area contributed by atoms with Crippen LogP contribution in [0.3, 0.4) is 0 Å². The lowest BCUT2D eigenvalue weighted by Gasteiger charge is -2.19. The van der Waals surface area contributed by atoms with Crippen molar-refractivity contribution in [2.75, 3.05) is 0 Å². The summed E-state index contributed by atoms with van der Waals surface area (Å²) in [6, 6.07) is 6.37. The predicted octanol–water partition coefficient (Wildman–Crippen LogP) is 3.01. The van der Waals surface area contributed by atoms with E-state index in [0.717, 1.165) is 26.9 Å². The highest BCUT2D eigenvalue weighted by Gasteiger charge is 2.23. The molecular formula is C20H24N2O2S2. The van der Waals surface area contributed by atoms with Gasteiger partial charge < -0.3 is 4.98 Å². The molecule has 1 N–H and O–H groups in total. The Morgan fingerprint density at radius 1 is 1.15 bits per heavy atom. The molecule has 6 heteroatoms. The van der Waals surface area contributed by atoms with E-state index in [4.69, 9.17) is 0 Å². The van der Waals surface area contributed by atoms with Crippen molar-refractivity contribution in [1.82, 2.24) is 9.55 Å². The molecule has 1 aromatic carbocycles. The van der Waals surface area contributed by atoms with Gasteiger partial charge in [0.05, 0.1) is 4.24 Å². The molecule has 1 aliphatic rings. The Balaban J connectivity index is 2.14. The maximum atomic E-state index is 12.9. The molecule has 1 aliphatic heterocycles. The number of nitrogens with one attached hydrogen (secondary N) is 1. The van der Waals surface area contributed by atoms with E-state index in [1.807, 2.05) is 0 Å². The number of unbranched alkanes of at least 4 members (excludes halogenated alkanes) is 1. The van der Waals surface area contributed by atoms with Crippen LogP contribution in [0.15, 0.2) is 37.6 Å². The van der Waals surface area contributed by atoms with Crippen LogP contribution in [-0.4, -0.2) is 9.55 Å². The predicted molar refractivity (Wildman–Crippen MR) is 111 cm³/mol. The van der Waals surface area contributed by atoms with Crippen LogP contribution >= 0.6 is 23.5 Å². The molecule has 138 valence electrons. The molecule has 2 aromatic rings. The molecular weight excluding hydrogens is 364 g/mol. The highest BCUT2D eigenvalue weighted by atomic mass is 32.2. The smallest absolute Gasteiger partial charge is 0.266 e. The number of fused-ring (bicyclic) bond motifs is 1. The summed E-state index contributed by atoms with van der Waals surface area (Å²) in [7, 11) is 0. The number of thioether (sulfide) groups is 2. The largest absolute Gasteiger partial charge is 0.308 e. The van der Waals surface area contributed by atoms with Gasteiger partial charge >= 0.3 is 0 Å². The number of hydrogen-bond acceptors (Lipinski definition) is 4. The van der Waals surface area contributed by atoms with E-state index in [1.54, 1.807) is 4.57 Å². The van der Waals surface area contributed by atoms with Crippen molar-refractivity contribution in [3.8, 4) is 0 Å². The summed E-state index contributed by atoms with van der Waals surface area (Å²) in [5.41, 5.74) is 1.08. The van der Waals surface area contributed by atoms with Crippen molar-refractivity contribution in [3.05, 3.63) is 55.2 Å². The lowest BCUT2D eigenvalue weighted by atomic mass is 9.87. The van der Waals surface area contributed by atoms with Gasteiger partial charge in [0.1, 0.15) is 10.7 Å². The van der Waals surface area contributed by atoms with Gasteiger partial charge in [0.2, 0.25) is 0 Å². The summed E-state index contributed by atoms with van der Waals surface area (Å²) in [6.07, 6.45) is 1.85. The number of aromatic amines is 1. The molecule has 0 radical (unpaired) electrons. The third-order valence-corrected chi connectivity index (χ3v) is 6.97. The van der Waals surface area contributed by atoms with E-state index < -0.39 is 0 Å². The third-order valence-electron chi connectivity index (χ3n) is 4.42. The number of benzene rings is 1. The van der Waals surface area contributed by atoms with Crippen LogP contribution in [0.2, 0.25) is 0 Å². The second-order valence-corrected chi connectivity index (χ2v) is 9.85. The molecule has 2 heterocycles. The average molecular weight is 389 g/mol. The SMILES string of the molecule is C=c1[nH]c(=O)/c(=C2\Sc3ccc(C(C)(C)C)cc3S2)c(=O)n1CCCC. The van der Waals surface area contributed by atoms with E-state index in [2.05, 4.69) is 57.5 Å². The number of nitrogens with zero attached hydrogens (tertiary/aromatic N) is 1. The van der Waals surface area contributed by atoms with Crippen molar-refractivity contribution in [2.45, 2.75) is 62.3 Å². The maximum Gasteiger partial charge on any atom is 0.266 e. The van der Waals surface area contributed by atoms with Crippen molar-refractivity contribution < 1.29 is 0 Å². The first-order chi connectivity index (χ1) is 12.2. The van der Waals surface area contributed by atoms with Gasteiger partial charge in [-0.2, -0.15) is 0 Å². The fraction of sp³-hybridized carbons (Fsp3) is 0.400. The maximum absolute atomic E-state index is 12.9. The molecule has 3 rings (SSSR count). The Kier molecular flexibility index (Phi) is 5.26. The first-order valence-electron chi connectivity index (χ1n) is 8.79. The van der Waals surface area contributed by atoms with E-state index >= 15 is 0 Å². The minimum atomic E-state index is -0.355. The van der Waals surface area contributed by atoms with E-state index in [1.165, 1.54) is 29.1 Å². The van der Waals surface area contributed by atoms with E-state index in [9.17, 15) is 9.59 Å². The topological polar surface area (TPSA) is 54.9 Å². The van der Waals surface area contributed by atoms with Crippen LogP contribution < -0.4 is 21.8 Å². The van der Waals surface area contributed by atoms with E-state index in [-0.39, 0.29) is 21.8 Å². The molecule has 26 heavy (non-hydrogen) atoms. The molecule has 0 fully saturated rings. The zero-order valence-corrected chi connectivity index (χ0v) is 17.3. The van der Waals surface area contributed by atoms with Gasteiger partial charge in [0.25, 0.3) is 11.1 Å². The van der Waals surface area contributed by atoms with Crippen molar-refractivity contribution in [2.24, 2.45) is 0 Å². The van der Waals surface area contributed by atoms with Gasteiger partial charge in [-0.3, -0.25) is 14.2 Å². The second kappa shape index (κ2) is 7.16. The molecule has 1 aromatic heterocycles. The Morgan fingerprint density at radius 3 is 2.50 bits per heavy atom. The zero-order chi connectivity index (χ0) is 19.1. The lowest BCUT2D eigenvalue weighted by Crippen LogP contribution is -2.53. The van der Waals surface area contributed by atoms with Gasteiger partial charge in [-0.15, -0.1) is 0 Å². The Morgan fingerprint density at radius 2 is 1.85 bits per heavy atom. The minimum Gasteiger partial charge on any atom is -0.308 e. The number of aromatic nitrogens is 2. The highest BCUT2D eigenvalue weighted by molar-refractivity contribution is 8.32. The minimum absolute atomic E-state index is 0.0584. The van der Waals surface area contributed by atoms with Gasteiger partial charge in [0.15, 0.2) is 0 Å². The van der Waals surface area contributed by atoms with Gasteiger partial charge in [0, 0.05) is 16.3 Å². The molecule has 0 saturated carbocycles. The van der Waals surface area contributed by atoms with E-state index in [0.29, 0.717) is 12.0 Å². The molecule has 4 nitrogen and oxygen atoms in total. The standard InChI is InChI=1S/C20H24N2O2S2/c1-6-7-10-22-12(2)21-17(23)16(18(22)24)19-25-14-9-8-13(20(3,4)5)11-15(14)26-19/h8-9,11H,2,6-7,10H2,1,3-5H3,(H,21,23)/b19-16-. The molecule has 0 amide bonds. The third kappa shape index (κ3) is 3.58. The van der Waals surface area contributed by atoms with Crippen LogP contribution in [0, 0.1) is 0 Å².